The highest BCUT2D eigenvalue weighted by molar-refractivity contribution is 4.86. The molecule has 58 valence electrons. The van der Waals surface area contributed by atoms with E-state index >= 15 is 0 Å². The second-order valence-electron chi connectivity index (χ2n) is 3.41. The second-order valence-corrected chi connectivity index (χ2v) is 3.41. The molecule has 3 heterocycles. The zero-order valence-corrected chi connectivity index (χ0v) is 6.55. The maximum Gasteiger partial charge on any atom is 0.0727 e. The lowest BCUT2D eigenvalue weighted by Gasteiger charge is -2.43. The highest BCUT2D eigenvalue weighted by Gasteiger charge is 2.33. The Morgan fingerprint density at radius 2 is 2.00 bits per heavy atom. The van der Waals surface area contributed by atoms with Gasteiger partial charge in [-0.25, -0.2) is 0 Å². The third-order valence-corrected chi connectivity index (χ3v) is 2.90. The first-order chi connectivity index (χ1) is 4.90. The van der Waals surface area contributed by atoms with Crippen LogP contribution in [0.5, 0.6) is 0 Å². The first-order valence-electron chi connectivity index (χ1n) is 4.15. The fourth-order valence-electron chi connectivity index (χ4n) is 2.18. The standard InChI is InChI=1S/C8H15NO/c1-10-8-6-9-4-2-7(8)3-5-9/h7-8H,2-6H2,1H3. The minimum absolute atomic E-state index is 0.544. The monoisotopic (exact) mass is 141 g/mol. The largest absolute Gasteiger partial charge is 0.380 e. The summed E-state index contributed by atoms with van der Waals surface area (Å²) in [5.74, 6) is 0.870. The van der Waals surface area contributed by atoms with Gasteiger partial charge in [0.25, 0.3) is 0 Å². The van der Waals surface area contributed by atoms with Crippen LogP contribution in [0, 0.1) is 5.92 Å². The van der Waals surface area contributed by atoms with Crippen molar-refractivity contribution in [3.8, 4) is 0 Å². The minimum Gasteiger partial charge on any atom is -0.380 e. The molecule has 1 unspecified atom stereocenters. The molecular weight excluding hydrogens is 126 g/mol. The fourth-order valence-corrected chi connectivity index (χ4v) is 2.18. The van der Waals surface area contributed by atoms with E-state index in [1.165, 1.54) is 32.5 Å². The second kappa shape index (κ2) is 2.51. The summed E-state index contributed by atoms with van der Waals surface area (Å²) in [6.07, 6.45) is 3.26. The van der Waals surface area contributed by atoms with Crippen molar-refractivity contribution >= 4 is 0 Å². The Kier molecular flexibility index (Phi) is 1.66. The third-order valence-electron chi connectivity index (χ3n) is 2.90. The van der Waals surface area contributed by atoms with Crippen molar-refractivity contribution in [1.82, 2.24) is 4.90 Å². The molecule has 0 aliphatic carbocycles. The summed E-state index contributed by atoms with van der Waals surface area (Å²) in [6, 6.07) is 0. The van der Waals surface area contributed by atoms with Gasteiger partial charge in [-0.3, -0.25) is 0 Å². The van der Waals surface area contributed by atoms with Crippen molar-refractivity contribution < 1.29 is 4.74 Å². The zero-order chi connectivity index (χ0) is 6.97. The quantitative estimate of drug-likeness (QED) is 0.533. The number of ether oxygens (including phenoxy) is 1. The van der Waals surface area contributed by atoms with E-state index in [1.54, 1.807) is 0 Å². The Labute approximate surface area is 62.2 Å². The van der Waals surface area contributed by atoms with Gasteiger partial charge in [0.1, 0.15) is 0 Å². The molecule has 0 radical (unpaired) electrons. The molecule has 3 aliphatic rings. The van der Waals surface area contributed by atoms with Crippen LogP contribution in [-0.4, -0.2) is 37.7 Å². The molecule has 1 atom stereocenters. The zero-order valence-electron chi connectivity index (χ0n) is 6.55. The lowest BCUT2D eigenvalue weighted by molar-refractivity contribution is -0.0481. The lowest BCUT2D eigenvalue weighted by atomic mass is 9.86. The van der Waals surface area contributed by atoms with Crippen molar-refractivity contribution in [2.45, 2.75) is 18.9 Å². The molecule has 0 spiro atoms. The summed E-state index contributed by atoms with van der Waals surface area (Å²) in [5.41, 5.74) is 0. The van der Waals surface area contributed by atoms with Crippen molar-refractivity contribution in [2.75, 3.05) is 26.7 Å². The highest BCUT2D eigenvalue weighted by atomic mass is 16.5. The van der Waals surface area contributed by atoms with E-state index in [2.05, 4.69) is 4.90 Å². The molecule has 0 aromatic heterocycles. The molecule has 3 rings (SSSR count). The van der Waals surface area contributed by atoms with Crippen LogP contribution in [0.2, 0.25) is 0 Å². The van der Waals surface area contributed by atoms with Crippen LogP contribution in [0.4, 0.5) is 0 Å². The van der Waals surface area contributed by atoms with Gasteiger partial charge in [0.15, 0.2) is 0 Å². The van der Waals surface area contributed by atoms with E-state index in [4.69, 9.17) is 4.74 Å². The average Bonchev–Trinajstić information content (AvgIpc) is 2.06. The maximum atomic E-state index is 5.38. The summed E-state index contributed by atoms with van der Waals surface area (Å²) in [4.78, 5) is 2.51. The van der Waals surface area contributed by atoms with Crippen molar-refractivity contribution in [3.05, 3.63) is 0 Å². The van der Waals surface area contributed by atoms with Crippen molar-refractivity contribution in [2.24, 2.45) is 5.92 Å². The van der Waals surface area contributed by atoms with E-state index in [9.17, 15) is 0 Å². The van der Waals surface area contributed by atoms with Gasteiger partial charge in [0.05, 0.1) is 6.10 Å². The normalized spacial score (nSPS) is 45.9. The van der Waals surface area contributed by atoms with Crippen LogP contribution in [0.25, 0.3) is 0 Å². The molecule has 2 heteroatoms. The number of methoxy groups -OCH3 is 1. The SMILES string of the molecule is COC1CN2CCC1CC2. The van der Waals surface area contributed by atoms with Crippen LogP contribution in [0.15, 0.2) is 0 Å². The Morgan fingerprint density at radius 3 is 2.30 bits per heavy atom. The number of fused-ring (bicyclic) bond motifs is 3. The Morgan fingerprint density at radius 1 is 1.30 bits per heavy atom. The predicted octanol–water partition coefficient (Wildman–Crippen LogP) is 0.727. The van der Waals surface area contributed by atoms with Gasteiger partial charge in [0.2, 0.25) is 0 Å². The molecule has 0 aromatic rings. The topological polar surface area (TPSA) is 12.5 Å². The van der Waals surface area contributed by atoms with E-state index in [1.807, 2.05) is 7.11 Å². The molecule has 2 nitrogen and oxygen atoms in total. The summed E-state index contributed by atoms with van der Waals surface area (Å²) >= 11 is 0. The fraction of sp³-hybridized carbons (Fsp3) is 1.00. The van der Waals surface area contributed by atoms with E-state index in [0.717, 1.165) is 5.92 Å². The molecule has 10 heavy (non-hydrogen) atoms. The van der Waals surface area contributed by atoms with Gasteiger partial charge in [-0.1, -0.05) is 0 Å². The first kappa shape index (κ1) is 6.62. The van der Waals surface area contributed by atoms with Gasteiger partial charge >= 0.3 is 0 Å². The van der Waals surface area contributed by atoms with Gasteiger partial charge in [-0.2, -0.15) is 0 Å². The molecule has 0 amide bonds. The van der Waals surface area contributed by atoms with Crippen LogP contribution < -0.4 is 0 Å². The van der Waals surface area contributed by atoms with Crippen LogP contribution in [-0.2, 0) is 4.74 Å². The number of hydrogen-bond donors (Lipinski definition) is 0. The number of nitrogens with zero attached hydrogens (tertiary/aromatic N) is 1. The van der Waals surface area contributed by atoms with Crippen LogP contribution in [0.3, 0.4) is 0 Å². The molecule has 3 aliphatic heterocycles. The van der Waals surface area contributed by atoms with Crippen LogP contribution in [0.1, 0.15) is 12.8 Å². The molecule has 3 saturated heterocycles. The van der Waals surface area contributed by atoms with Gasteiger partial charge in [0, 0.05) is 13.7 Å². The lowest BCUT2D eigenvalue weighted by Crippen LogP contribution is -2.50. The summed E-state index contributed by atoms with van der Waals surface area (Å²) in [7, 11) is 1.84. The number of piperidine rings is 3. The smallest absolute Gasteiger partial charge is 0.0727 e. The maximum absolute atomic E-state index is 5.38. The third kappa shape index (κ3) is 0.956. The average molecular weight is 141 g/mol. The molecular formula is C8H15NO. The molecule has 0 aromatic carbocycles. The Balaban J connectivity index is 2.01. The van der Waals surface area contributed by atoms with E-state index in [-0.39, 0.29) is 0 Å². The molecule has 2 bridgehead atoms. The van der Waals surface area contributed by atoms with Gasteiger partial charge in [-0.05, 0) is 31.8 Å². The summed E-state index contributed by atoms with van der Waals surface area (Å²) < 4.78 is 5.38. The van der Waals surface area contributed by atoms with E-state index in [0.29, 0.717) is 6.10 Å². The van der Waals surface area contributed by atoms with Crippen LogP contribution >= 0.6 is 0 Å². The Bertz CT molecular complexity index is 118. The molecule has 3 fully saturated rings. The Hall–Kier alpha value is -0.0800. The van der Waals surface area contributed by atoms with E-state index < -0.39 is 0 Å². The van der Waals surface area contributed by atoms with Crippen molar-refractivity contribution in [3.63, 3.8) is 0 Å². The minimum atomic E-state index is 0.544. The van der Waals surface area contributed by atoms with Gasteiger partial charge < -0.3 is 9.64 Å². The number of rotatable bonds is 1. The van der Waals surface area contributed by atoms with Gasteiger partial charge in [-0.15, -0.1) is 0 Å². The van der Waals surface area contributed by atoms with Crippen molar-refractivity contribution in [1.29, 1.82) is 0 Å². The highest BCUT2D eigenvalue weighted by Crippen LogP contribution is 2.28. The predicted molar refractivity (Wildman–Crippen MR) is 40.0 cm³/mol. The first-order valence-corrected chi connectivity index (χ1v) is 4.15. The number of hydrogen-bond acceptors (Lipinski definition) is 2. The summed E-state index contributed by atoms with van der Waals surface area (Å²) in [6.45, 7) is 3.80. The molecule has 0 saturated carbocycles. The summed E-state index contributed by atoms with van der Waals surface area (Å²) in [5, 5.41) is 0. The molecule has 0 N–H and O–H groups in total.